The fraction of sp³-hybridized carbons (Fsp3) is 0.231. The Labute approximate surface area is 125 Å². The van der Waals surface area contributed by atoms with E-state index in [-0.39, 0.29) is 10.7 Å². The number of likely N-dealkylation sites (N-methyl/N-ethyl adjacent to an activating group) is 1. The van der Waals surface area contributed by atoms with Gasteiger partial charge in [-0.2, -0.15) is 5.10 Å². The van der Waals surface area contributed by atoms with Crippen LogP contribution in [0.3, 0.4) is 0 Å². The van der Waals surface area contributed by atoms with Crippen LogP contribution in [0, 0.1) is 10.1 Å². The van der Waals surface area contributed by atoms with Gasteiger partial charge in [0.1, 0.15) is 5.02 Å². The van der Waals surface area contributed by atoms with E-state index >= 15 is 0 Å². The molecule has 0 amide bonds. The van der Waals surface area contributed by atoms with Crippen molar-refractivity contribution in [2.24, 2.45) is 0 Å². The first-order valence-electron chi connectivity index (χ1n) is 6.16. The monoisotopic (exact) mass is 308 g/mol. The molecule has 2 aromatic rings. The molecule has 21 heavy (non-hydrogen) atoms. The maximum atomic E-state index is 11.4. The molecule has 2 rings (SSSR count). The number of nitrogens with zero attached hydrogens (tertiary/aromatic N) is 3. The molecule has 0 unspecified atom stereocenters. The van der Waals surface area contributed by atoms with Crippen LogP contribution in [0.15, 0.2) is 35.3 Å². The third-order valence-electron chi connectivity index (χ3n) is 3.05. The van der Waals surface area contributed by atoms with Crippen molar-refractivity contribution in [1.82, 2.24) is 10.2 Å². The van der Waals surface area contributed by atoms with Crippen molar-refractivity contribution in [2.75, 3.05) is 18.5 Å². The molecule has 1 heterocycles. The Morgan fingerprint density at radius 3 is 2.95 bits per heavy atom. The normalized spacial score (nSPS) is 10.4. The number of non-ortho nitro benzene ring substituents is 1. The number of nitro groups is 1. The number of benzene rings is 1. The largest absolute Gasteiger partial charge is 0.372 e. The molecule has 8 heteroatoms. The number of nitrogens with one attached hydrogen (secondary N) is 1. The van der Waals surface area contributed by atoms with Crippen molar-refractivity contribution < 1.29 is 4.92 Å². The SMILES string of the molecule is CN(CCc1cccc([N+](=O)[O-])c1)c1cn[nH]c(=O)c1Cl. The van der Waals surface area contributed by atoms with Gasteiger partial charge in [-0.3, -0.25) is 14.9 Å². The van der Waals surface area contributed by atoms with E-state index in [0.717, 1.165) is 5.56 Å². The summed E-state index contributed by atoms with van der Waals surface area (Å²) in [5, 5.41) is 16.8. The number of hydrogen-bond acceptors (Lipinski definition) is 5. The predicted molar refractivity (Wildman–Crippen MR) is 79.9 cm³/mol. The van der Waals surface area contributed by atoms with E-state index in [2.05, 4.69) is 10.2 Å². The summed E-state index contributed by atoms with van der Waals surface area (Å²) in [7, 11) is 1.78. The lowest BCUT2D eigenvalue weighted by Crippen LogP contribution is -2.23. The van der Waals surface area contributed by atoms with Crippen LogP contribution in [0.1, 0.15) is 5.56 Å². The third-order valence-corrected chi connectivity index (χ3v) is 3.41. The summed E-state index contributed by atoms with van der Waals surface area (Å²) in [6, 6.07) is 6.45. The zero-order valence-corrected chi connectivity index (χ0v) is 12.0. The van der Waals surface area contributed by atoms with Gasteiger partial charge in [-0.25, -0.2) is 5.10 Å². The molecule has 1 aromatic heterocycles. The summed E-state index contributed by atoms with van der Waals surface area (Å²) < 4.78 is 0. The van der Waals surface area contributed by atoms with Gasteiger partial charge in [0.25, 0.3) is 11.2 Å². The highest BCUT2D eigenvalue weighted by atomic mass is 35.5. The van der Waals surface area contributed by atoms with Crippen LogP contribution >= 0.6 is 11.6 Å². The summed E-state index contributed by atoms with van der Waals surface area (Å²) in [5.74, 6) is 0. The second-order valence-corrected chi connectivity index (χ2v) is 4.87. The number of halogens is 1. The average Bonchev–Trinajstić information content (AvgIpc) is 2.48. The van der Waals surface area contributed by atoms with Crippen LogP contribution in [0.2, 0.25) is 5.02 Å². The standard InChI is InChI=1S/C13H13ClN4O3/c1-17(11-8-15-16-13(19)12(11)14)6-5-9-3-2-4-10(7-9)18(20)21/h2-4,7-8H,5-6H2,1H3,(H,16,19). The molecular weight excluding hydrogens is 296 g/mol. The fourth-order valence-electron chi connectivity index (χ4n) is 1.88. The highest BCUT2D eigenvalue weighted by Crippen LogP contribution is 2.20. The fourth-order valence-corrected chi connectivity index (χ4v) is 2.12. The van der Waals surface area contributed by atoms with Crippen molar-refractivity contribution in [3.8, 4) is 0 Å². The van der Waals surface area contributed by atoms with Crippen LogP contribution in [-0.4, -0.2) is 28.7 Å². The third kappa shape index (κ3) is 3.57. The van der Waals surface area contributed by atoms with Crippen molar-refractivity contribution >= 4 is 23.0 Å². The van der Waals surface area contributed by atoms with Crippen molar-refractivity contribution in [3.63, 3.8) is 0 Å². The highest BCUT2D eigenvalue weighted by molar-refractivity contribution is 6.32. The first-order valence-corrected chi connectivity index (χ1v) is 6.54. The van der Waals surface area contributed by atoms with E-state index in [0.29, 0.717) is 18.7 Å². The molecular formula is C13H13ClN4O3. The van der Waals surface area contributed by atoms with E-state index in [9.17, 15) is 14.9 Å². The van der Waals surface area contributed by atoms with Crippen LogP contribution in [0.25, 0.3) is 0 Å². The highest BCUT2D eigenvalue weighted by Gasteiger charge is 2.11. The van der Waals surface area contributed by atoms with Gasteiger partial charge in [-0.15, -0.1) is 0 Å². The molecule has 1 aromatic carbocycles. The van der Waals surface area contributed by atoms with Gasteiger partial charge in [0, 0.05) is 25.7 Å². The van der Waals surface area contributed by atoms with Crippen LogP contribution < -0.4 is 10.5 Å². The number of nitro benzene ring substituents is 1. The predicted octanol–water partition coefficient (Wildman–Crippen LogP) is 2.01. The average molecular weight is 309 g/mol. The van der Waals surface area contributed by atoms with Crippen LogP contribution in [0.4, 0.5) is 11.4 Å². The van der Waals surface area contributed by atoms with E-state index in [1.165, 1.54) is 18.3 Å². The van der Waals surface area contributed by atoms with Gasteiger partial charge in [-0.05, 0) is 12.0 Å². The molecule has 0 fully saturated rings. The molecule has 0 spiro atoms. The maximum Gasteiger partial charge on any atom is 0.285 e. The van der Waals surface area contributed by atoms with E-state index in [1.54, 1.807) is 18.0 Å². The summed E-state index contributed by atoms with van der Waals surface area (Å²) in [4.78, 5) is 23.5. The lowest BCUT2D eigenvalue weighted by molar-refractivity contribution is -0.384. The molecule has 0 saturated carbocycles. The second kappa shape index (κ2) is 6.36. The van der Waals surface area contributed by atoms with Gasteiger partial charge < -0.3 is 4.90 Å². The summed E-state index contributed by atoms with van der Waals surface area (Å²) in [6.45, 7) is 0.548. The molecule has 0 radical (unpaired) electrons. The second-order valence-electron chi connectivity index (χ2n) is 4.50. The van der Waals surface area contributed by atoms with Gasteiger partial charge in [-0.1, -0.05) is 23.7 Å². The number of hydrogen-bond donors (Lipinski definition) is 1. The topological polar surface area (TPSA) is 92.1 Å². The Kier molecular flexibility index (Phi) is 4.54. The molecule has 1 N–H and O–H groups in total. The van der Waals surface area contributed by atoms with Gasteiger partial charge >= 0.3 is 0 Å². The molecule has 0 bridgehead atoms. The zero-order chi connectivity index (χ0) is 15.4. The van der Waals surface area contributed by atoms with Crippen molar-refractivity contribution in [1.29, 1.82) is 0 Å². The molecule has 0 aliphatic rings. The quantitative estimate of drug-likeness (QED) is 0.674. The maximum absolute atomic E-state index is 11.4. The van der Waals surface area contributed by atoms with Crippen molar-refractivity contribution in [2.45, 2.75) is 6.42 Å². The smallest absolute Gasteiger partial charge is 0.285 e. The summed E-state index contributed by atoms with van der Waals surface area (Å²) in [5.41, 5.74) is 0.971. The van der Waals surface area contributed by atoms with E-state index < -0.39 is 10.5 Å². The summed E-state index contributed by atoms with van der Waals surface area (Å²) >= 11 is 5.92. The zero-order valence-electron chi connectivity index (χ0n) is 11.2. The molecule has 110 valence electrons. The molecule has 0 aliphatic heterocycles. The Hall–Kier alpha value is -2.41. The number of rotatable bonds is 5. The lowest BCUT2D eigenvalue weighted by atomic mass is 10.1. The van der Waals surface area contributed by atoms with Crippen LogP contribution in [-0.2, 0) is 6.42 Å². The van der Waals surface area contributed by atoms with Crippen LogP contribution in [0.5, 0.6) is 0 Å². The van der Waals surface area contributed by atoms with Crippen molar-refractivity contribution in [3.05, 3.63) is 61.5 Å². The minimum Gasteiger partial charge on any atom is -0.372 e. The Balaban J connectivity index is 2.09. The molecule has 0 saturated heterocycles. The van der Waals surface area contributed by atoms with Gasteiger partial charge in [0.05, 0.1) is 16.8 Å². The van der Waals surface area contributed by atoms with E-state index in [4.69, 9.17) is 11.6 Å². The molecule has 0 atom stereocenters. The number of anilines is 1. The Bertz CT molecular complexity index is 717. The molecule has 0 aliphatic carbocycles. The minimum absolute atomic E-state index is 0.0611. The van der Waals surface area contributed by atoms with Gasteiger partial charge in [0.15, 0.2) is 0 Å². The number of H-pyrrole nitrogens is 1. The Morgan fingerprint density at radius 2 is 2.24 bits per heavy atom. The first kappa shape index (κ1) is 15.0. The lowest BCUT2D eigenvalue weighted by Gasteiger charge is -2.19. The van der Waals surface area contributed by atoms with Gasteiger partial charge in [0.2, 0.25) is 0 Å². The minimum atomic E-state index is -0.448. The number of aromatic amines is 1. The van der Waals surface area contributed by atoms with E-state index in [1.807, 2.05) is 6.07 Å². The number of aromatic nitrogens is 2. The first-order chi connectivity index (χ1) is 9.99. The summed E-state index contributed by atoms with van der Waals surface area (Å²) in [6.07, 6.45) is 2.05. The Morgan fingerprint density at radius 1 is 1.48 bits per heavy atom. The molecule has 7 nitrogen and oxygen atoms in total.